The fraction of sp³-hybridized carbons (Fsp3) is 0.478. The first kappa shape index (κ1) is 21.2. The molecule has 3 rings (SSSR count). The second kappa shape index (κ2) is 8.46. The Kier molecular flexibility index (Phi) is 6.18. The molecule has 0 spiro atoms. The van der Waals surface area contributed by atoms with Gasteiger partial charge in [-0.15, -0.1) is 11.3 Å². The maximum absolute atomic E-state index is 9.76. The van der Waals surface area contributed by atoms with E-state index in [2.05, 4.69) is 31.8 Å². The highest BCUT2D eigenvalue weighted by Gasteiger charge is 2.32. The number of thiophene rings is 1. The fourth-order valence-corrected chi connectivity index (χ4v) is 5.02. The first-order valence-electron chi connectivity index (χ1n) is 9.71. The SMILES string of the molecule is COc1cc(OC)c(OC)cc1C=Nc1sc2c(c1C#N)CC[C@H](C(C)(C)C)C2. The van der Waals surface area contributed by atoms with Gasteiger partial charge in [-0.25, -0.2) is 4.99 Å². The summed E-state index contributed by atoms with van der Waals surface area (Å²) in [7, 11) is 4.79. The lowest BCUT2D eigenvalue weighted by atomic mass is 9.72. The van der Waals surface area contributed by atoms with Crippen molar-refractivity contribution in [3.63, 3.8) is 0 Å². The van der Waals surface area contributed by atoms with E-state index < -0.39 is 0 Å². The lowest BCUT2D eigenvalue weighted by Gasteiger charge is -2.33. The molecular formula is C23H28N2O3S. The molecule has 2 aromatic rings. The molecule has 0 amide bonds. The van der Waals surface area contributed by atoms with E-state index in [1.807, 2.05) is 6.07 Å². The summed E-state index contributed by atoms with van der Waals surface area (Å²) in [5.41, 5.74) is 2.94. The van der Waals surface area contributed by atoms with E-state index in [4.69, 9.17) is 14.2 Å². The zero-order valence-electron chi connectivity index (χ0n) is 18.0. The minimum atomic E-state index is 0.269. The van der Waals surface area contributed by atoms with E-state index in [-0.39, 0.29) is 5.41 Å². The summed E-state index contributed by atoms with van der Waals surface area (Å²) in [6.07, 6.45) is 4.83. The molecule has 0 bridgehead atoms. The molecule has 1 aromatic carbocycles. The van der Waals surface area contributed by atoms with E-state index in [1.54, 1.807) is 44.9 Å². The Labute approximate surface area is 176 Å². The van der Waals surface area contributed by atoms with E-state index in [0.717, 1.165) is 29.8 Å². The van der Waals surface area contributed by atoms with Crippen LogP contribution in [0.5, 0.6) is 17.2 Å². The van der Waals surface area contributed by atoms with Crippen molar-refractivity contribution in [3.05, 3.63) is 33.7 Å². The molecule has 5 nitrogen and oxygen atoms in total. The van der Waals surface area contributed by atoms with E-state index in [1.165, 1.54) is 10.4 Å². The average molecular weight is 413 g/mol. The van der Waals surface area contributed by atoms with Gasteiger partial charge in [0, 0.05) is 22.7 Å². The predicted octanol–water partition coefficient (Wildman–Crippen LogP) is 5.55. The standard InChI is InChI=1S/C23H28N2O3S/c1-23(2,3)15-7-8-16-17(12-24)22(29-21(16)10-15)25-13-14-9-19(27-5)20(28-6)11-18(14)26-4/h9,11,13,15H,7-8,10H2,1-6H3/t15-/m0/s1. The minimum Gasteiger partial charge on any atom is -0.496 e. The van der Waals surface area contributed by atoms with Crippen molar-refractivity contribution in [1.29, 1.82) is 5.26 Å². The van der Waals surface area contributed by atoms with Crippen molar-refractivity contribution in [3.8, 4) is 23.3 Å². The molecule has 1 aliphatic carbocycles. The molecule has 1 aromatic heterocycles. The lowest BCUT2D eigenvalue weighted by molar-refractivity contribution is 0.218. The molecule has 154 valence electrons. The minimum absolute atomic E-state index is 0.269. The number of ether oxygens (including phenoxy) is 3. The number of methoxy groups -OCH3 is 3. The number of rotatable bonds is 5. The van der Waals surface area contributed by atoms with Crippen molar-refractivity contribution in [2.45, 2.75) is 40.0 Å². The van der Waals surface area contributed by atoms with Gasteiger partial charge in [-0.3, -0.25) is 0 Å². The molecule has 1 aliphatic rings. The van der Waals surface area contributed by atoms with Crippen molar-refractivity contribution in [2.75, 3.05) is 21.3 Å². The van der Waals surface area contributed by atoms with Crippen LogP contribution in [0.3, 0.4) is 0 Å². The third kappa shape index (κ3) is 4.25. The summed E-state index contributed by atoms with van der Waals surface area (Å²) in [6, 6.07) is 5.99. The van der Waals surface area contributed by atoms with E-state index >= 15 is 0 Å². The fourth-order valence-electron chi connectivity index (χ4n) is 3.80. The van der Waals surface area contributed by atoms with Gasteiger partial charge in [0.1, 0.15) is 16.8 Å². The molecule has 1 heterocycles. The maximum Gasteiger partial charge on any atom is 0.164 e. The van der Waals surface area contributed by atoms with Crippen molar-refractivity contribution in [1.82, 2.24) is 0 Å². The molecule has 0 N–H and O–H groups in total. The van der Waals surface area contributed by atoms with Gasteiger partial charge in [0.25, 0.3) is 0 Å². The highest BCUT2D eigenvalue weighted by molar-refractivity contribution is 7.16. The smallest absolute Gasteiger partial charge is 0.164 e. The molecule has 0 aliphatic heterocycles. The molecule has 1 atom stereocenters. The Balaban J connectivity index is 1.97. The Morgan fingerprint density at radius 3 is 2.34 bits per heavy atom. The van der Waals surface area contributed by atoms with E-state index in [9.17, 15) is 5.26 Å². The zero-order valence-corrected chi connectivity index (χ0v) is 18.8. The van der Waals surface area contributed by atoms with Crippen LogP contribution in [0.25, 0.3) is 0 Å². The largest absolute Gasteiger partial charge is 0.496 e. The summed E-state index contributed by atoms with van der Waals surface area (Å²) in [5, 5.41) is 10.5. The Morgan fingerprint density at radius 2 is 1.76 bits per heavy atom. The molecule has 0 radical (unpaired) electrons. The second-order valence-electron chi connectivity index (χ2n) is 8.31. The molecule has 0 fully saturated rings. The average Bonchev–Trinajstić information content (AvgIpc) is 3.07. The number of benzene rings is 1. The van der Waals surface area contributed by atoms with Crippen LogP contribution in [0, 0.1) is 22.7 Å². The van der Waals surface area contributed by atoms with Gasteiger partial charge in [0.15, 0.2) is 11.5 Å². The number of nitriles is 1. The van der Waals surface area contributed by atoms with Crippen molar-refractivity contribution < 1.29 is 14.2 Å². The van der Waals surface area contributed by atoms with Gasteiger partial charge >= 0.3 is 0 Å². The van der Waals surface area contributed by atoms with Crippen LogP contribution in [-0.2, 0) is 12.8 Å². The second-order valence-corrected chi connectivity index (χ2v) is 9.39. The van der Waals surface area contributed by atoms with Gasteiger partial charge in [-0.1, -0.05) is 20.8 Å². The van der Waals surface area contributed by atoms with Gasteiger partial charge in [-0.05, 0) is 42.2 Å². The van der Waals surface area contributed by atoms with Crippen molar-refractivity contribution in [2.24, 2.45) is 16.3 Å². The van der Waals surface area contributed by atoms with Gasteiger partial charge in [0.2, 0.25) is 0 Å². The van der Waals surface area contributed by atoms with E-state index in [0.29, 0.717) is 28.7 Å². The highest BCUT2D eigenvalue weighted by atomic mass is 32.1. The molecule has 6 heteroatoms. The number of aliphatic imine (C=N–C) groups is 1. The maximum atomic E-state index is 9.76. The van der Waals surface area contributed by atoms with Crippen LogP contribution in [-0.4, -0.2) is 27.5 Å². The summed E-state index contributed by atoms with van der Waals surface area (Å²) in [6.45, 7) is 6.89. The summed E-state index contributed by atoms with van der Waals surface area (Å²) in [4.78, 5) is 5.98. The van der Waals surface area contributed by atoms with Crippen LogP contribution < -0.4 is 14.2 Å². The number of hydrogen-bond acceptors (Lipinski definition) is 6. The third-order valence-electron chi connectivity index (χ3n) is 5.64. The molecule has 29 heavy (non-hydrogen) atoms. The van der Waals surface area contributed by atoms with Crippen LogP contribution in [0.4, 0.5) is 5.00 Å². The van der Waals surface area contributed by atoms with Crippen LogP contribution >= 0.6 is 11.3 Å². The molecule has 0 unspecified atom stereocenters. The molecule has 0 saturated carbocycles. The van der Waals surface area contributed by atoms with Gasteiger partial charge in [0.05, 0.1) is 26.9 Å². The monoisotopic (exact) mass is 412 g/mol. The zero-order chi connectivity index (χ0) is 21.2. The number of nitrogens with zero attached hydrogens (tertiary/aromatic N) is 2. The highest BCUT2D eigenvalue weighted by Crippen LogP contribution is 2.45. The summed E-state index contributed by atoms with van der Waals surface area (Å²) in [5.74, 6) is 2.47. The normalized spacial score (nSPS) is 16.4. The van der Waals surface area contributed by atoms with Crippen LogP contribution in [0.1, 0.15) is 48.8 Å². The Hall–Kier alpha value is -2.52. The van der Waals surface area contributed by atoms with Crippen LogP contribution in [0.15, 0.2) is 17.1 Å². The topological polar surface area (TPSA) is 63.8 Å². The Morgan fingerprint density at radius 1 is 1.10 bits per heavy atom. The Bertz CT molecular complexity index is 964. The first-order valence-corrected chi connectivity index (χ1v) is 10.5. The third-order valence-corrected chi connectivity index (χ3v) is 6.80. The van der Waals surface area contributed by atoms with Gasteiger partial charge < -0.3 is 14.2 Å². The predicted molar refractivity (Wildman–Crippen MR) is 117 cm³/mol. The van der Waals surface area contributed by atoms with Gasteiger partial charge in [-0.2, -0.15) is 5.26 Å². The molecule has 0 saturated heterocycles. The molecular weight excluding hydrogens is 384 g/mol. The van der Waals surface area contributed by atoms with Crippen LogP contribution in [0.2, 0.25) is 0 Å². The quantitative estimate of drug-likeness (QED) is 0.604. The number of fused-ring (bicyclic) bond motifs is 1. The summed E-state index contributed by atoms with van der Waals surface area (Å²) >= 11 is 1.64. The van der Waals surface area contributed by atoms with Crippen molar-refractivity contribution >= 4 is 22.6 Å². The first-order chi connectivity index (χ1) is 13.8. The summed E-state index contributed by atoms with van der Waals surface area (Å²) < 4.78 is 16.2. The lowest BCUT2D eigenvalue weighted by Crippen LogP contribution is -2.26. The number of hydrogen-bond donors (Lipinski definition) is 0.